The lowest BCUT2D eigenvalue weighted by molar-refractivity contribution is -0.124. The zero-order valence-electron chi connectivity index (χ0n) is 10.1. The van der Waals surface area contributed by atoms with Crippen molar-refractivity contribution >= 4 is 11.7 Å². The normalized spacial score (nSPS) is 34.4. The zero-order chi connectivity index (χ0) is 12.4. The number of nitrogens with two attached hydrogens (primary N) is 1. The molecular weight excluding hydrogens is 220 g/mol. The number of carbonyl (C=O) groups is 1. The monoisotopic (exact) mass is 240 g/mol. The van der Waals surface area contributed by atoms with Gasteiger partial charge in [-0.1, -0.05) is 5.16 Å². The minimum absolute atomic E-state index is 0.0382. The average Bonchev–Trinajstić information content (AvgIpc) is 2.38. The van der Waals surface area contributed by atoms with Crippen molar-refractivity contribution in [2.75, 3.05) is 19.6 Å². The van der Waals surface area contributed by atoms with E-state index in [1.807, 2.05) is 0 Å². The van der Waals surface area contributed by atoms with Crippen LogP contribution in [0.2, 0.25) is 0 Å². The van der Waals surface area contributed by atoms with Crippen LogP contribution >= 0.6 is 0 Å². The highest BCUT2D eigenvalue weighted by Gasteiger charge is 2.35. The molecule has 1 amide bonds. The van der Waals surface area contributed by atoms with Crippen molar-refractivity contribution in [3.63, 3.8) is 0 Å². The van der Waals surface area contributed by atoms with Crippen LogP contribution in [0.4, 0.5) is 0 Å². The van der Waals surface area contributed by atoms with Gasteiger partial charge in [0.15, 0.2) is 5.84 Å². The summed E-state index contributed by atoms with van der Waals surface area (Å²) in [6, 6.07) is 0.221. The lowest BCUT2D eigenvalue weighted by Gasteiger charge is -2.45. The fourth-order valence-corrected chi connectivity index (χ4v) is 2.66. The maximum absolute atomic E-state index is 11.9. The second-order valence-corrected chi connectivity index (χ2v) is 5.00. The summed E-state index contributed by atoms with van der Waals surface area (Å²) in [5.41, 5.74) is 5.43. The van der Waals surface area contributed by atoms with E-state index in [2.05, 4.69) is 15.4 Å². The molecule has 3 heterocycles. The number of amides is 1. The highest BCUT2D eigenvalue weighted by Crippen LogP contribution is 2.27. The Morgan fingerprint density at radius 1 is 1.53 bits per heavy atom. The number of fused-ring (bicyclic) bond motifs is 3. The van der Waals surface area contributed by atoms with Gasteiger partial charge >= 0.3 is 0 Å². The highest BCUT2D eigenvalue weighted by atomic mass is 16.4. The first-order chi connectivity index (χ1) is 8.11. The second kappa shape index (κ2) is 4.91. The smallest absolute Gasteiger partial charge is 0.230 e. The molecule has 0 radical (unpaired) electrons. The Kier molecular flexibility index (Phi) is 3.51. The molecule has 2 atom stereocenters. The molecule has 96 valence electrons. The van der Waals surface area contributed by atoms with Gasteiger partial charge in [-0.3, -0.25) is 4.79 Å². The van der Waals surface area contributed by atoms with E-state index in [-0.39, 0.29) is 17.8 Å². The first-order valence-electron chi connectivity index (χ1n) is 6.12. The maximum atomic E-state index is 11.9. The molecule has 3 rings (SSSR count). The standard InChI is InChI=1S/C11H20N4O2/c1-7(10(12)14-17)11(16)13-9-6-15-4-2-8(9)3-5-15/h7-9,17H,2-6H2,1H3,(H2,12,14)(H,13,16). The van der Waals surface area contributed by atoms with Gasteiger partial charge in [-0.2, -0.15) is 0 Å². The average molecular weight is 240 g/mol. The Labute approximate surface area is 101 Å². The highest BCUT2D eigenvalue weighted by molar-refractivity contribution is 6.01. The van der Waals surface area contributed by atoms with Gasteiger partial charge < -0.3 is 21.2 Å². The molecule has 0 aromatic heterocycles. The van der Waals surface area contributed by atoms with Gasteiger partial charge in [0.2, 0.25) is 5.91 Å². The summed E-state index contributed by atoms with van der Waals surface area (Å²) in [5, 5.41) is 14.4. The summed E-state index contributed by atoms with van der Waals surface area (Å²) in [7, 11) is 0. The molecule has 0 aromatic rings. The van der Waals surface area contributed by atoms with Gasteiger partial charge in [-0.05, 0) is 38.8 Å². The number of piperidine rings is 3. The summed E-state index contributed by atoms with van der Waals surface area (Å²) in [4.78, 5) is 14.3. The van der Waals surface area contributed by atoms with Crippen LogP contribution in [0.3, 0.4) is 0 Å². The van der Waals surface area contributed by atoms with Crippen molar-refractivity contribution in [3.8, 4) is 0 Å². The van der Waals surface area contributed by atoms with E-state index in [0.717, 1.165) is 32.5 Å². The summed E-state index contributed by atoms with van der Waals surface area (Å²) in [6.07, 6.45) is 2.31. The SMILES string of the molecule is CC(C(=O)NC1CN2CCC1CC2)/C(N)=N/O. The van der Waals surface area contributed by atoms with Crippen molar-refractivity contribution in [1.29, 1.82) is 0 Å². The molecule has 0 aromatic carbocycles. The number of nitrogens with one attached hydrogen (secondary N) is 1. The maximum Gasteiger partial charge on any atom is 0.230 e. The van der Waals surface area contributed by atoms with Crippen LogP contribution in [-0.4, -0.2) is 47.5 Å². The molecule has 2 unspecified atom stereocenters. The Morgan fingerprint density at radius 2 is 2.18 bits per heavy atom. The Balaban J connectivity index is 1.91. The van der Waals surface area contributed by atoms with E-state index in [1.165, 1.54) is 0 Å². The van der Waals surface area contributed by atoms with Crippen LogP contribution in [0.15, 0.2) is 5.16 Å². The number of oxime groups is 1. The molecular formula is C11H20N4O2. The predicted octanol–water partition coefficient (Wildman–Crippen LogP) is -0.421. The lowest BCUT2D eigenvalue weighted by Crippen LogP contribution is -2.58. The van der Waals surface area contributed by atoms with Gasteiger partial charge in [0.05, 0.1) is 5.92 Å². The van der Waals surface area contributed by atoms with Crippen LogP contribution < -0.4 is 11.1 Å². The number of rotatable bonds is 3. The second-order valence-electron chi connectivity index (χ2n) is 5.00. The fraction of sp³-hybridized carbons (Fsp3) is 0.818. The molecule has 0 aliphatic carbocycles. The number of hydrogen-bond donors (Lipinski definition) is 3. The van der Waals surface area contributed by atoms with E-state index in [4.69, 9.17) is 10.9 Å². The predicted molar refractivity (Wildman–Crippen MR) is 63.7 cm³/mol. The summed E-state index contributed by atoms with van der Waals surface area (Å²) < 4.78 is 0. The van der Waals surface area contributed by atoms with Crippen molar-refractivity contribution in [2.45, 2.75) is 25.8 Å². The molecule has 2 bridgehead atoms. The summed E-state index contributed by atoms with van der Waals surface area (Å²) >= 11 is 0. The van der Waals surface area contributed by atoms with Crippen molar-refractivity contribution in [1.82, 2.24) is 10.2 Å². The van der Waals surface area contributed by atoms with Gasteiger partial charge in [0, 0.05) is 12.6 Å². The quantitative estimate of drug-likeness (QED) is 0.270. The number of amidine groups is 1. The molecule has 3 aliphatic heterocycles. The molecule has 4 N–H and O–H groups in total. The molecule has 6 nitrogen and oxygen atoms in total. The molecule has 6 heteroatoms. The van der Waals surface area contributed by atoms with Crippen molar-refractivity contribution in [2.24, 2.45) is 22.7 Å². The van der Waals surface area contributed by atoms with Crippen LogP contribution in [-0.2, 0) is 4.79 Å². The van der Waals surface area contributed by atoms with Crippen LogP contribution in [0.5, 0.6) is 0 Å². The van der Waals surface area contributed by atoms with Gasteiger partial charge in [-0.15, -0.1) is 0 Å². The Hall–Kier alpha value is -1.30. The van der Waals surface area contributed by atoms with E-state index in [9.17, 15) is 4.79 Å². The number of nitrogens with zero attached hydrogens (tertiary/aromatic N) is 2. The van der Waals surface area contributed by atoms with E-state index >= 15 is 0 Å². The largest absolute Gasteiger partial charge is 0.409 e. The van der Waals surface area contributed by atoms with Crippen LogP contribution in [0.1, 0.15) is 19.8 Å². The first-order valence-corrected chi connectivity index (χ1v) is 6.12. The van der Waals surface area contributed by atoms with Crippen molar-refractivity contribution in [3.05, 3.63) is 0 Å². The molecule has 0 spiro atoms. The Morgan fingerprint density at radius 3 is 2.65 bits per heavy atom. The molecule has 3 fully saturated rings. The zero-order valence-corrected chi connectivity index (χ0v) is 10.1. The van der Waals surface area contributed by atoms with Crippen molar-refractivity contribution < 1.29 is 10.0 Å². The fourth-order valence-electron chi connectivity index (χ4n) is 2.66. The molecule has 3 saturated heterocycles. The third-order valence-electron chi connectivity index (χ3n) is 3.94. The van der Waals surface area contributed by atoms with E-state index < -0.39 is 5.92 Å². The van der Waals surface area contributed by atoms with Crippen LogP contribution in [0.25, 0.3) is 0 Å². The molecule has 0 saturated carbocycles. The molecule has 17 heavy (non-hydrogen) atoms. The number of hydrogen-bond acceptors (Lipinski definition) is 4. The topological polar surface area (TPSA) is 91.0 Å². The lowest BCUT2D eigenvalue weighted by atomic mass is 9.84. The van der Waals surface area contributed by atoms with E-state index in [0.29, 0.717) is 5.92 Å². The van der Waals surface area contributed by atoms with Crippen LogP contribution in [0, 0.1) is 11.8 Å². The first kappa shape index (κ1) is 12.2. The Bertz CT molecular complexity index is 323. The molecule has 3 aliphatic rings. The van der Waals surface area contributed by atoms with Gasteiger partial charge in [0.1, 0.15) is 0 Å². The third-order valence-corrected chi connectivity index (χ3v) is 3.94. The van der Waals surface area contributed by atoms with E-state index in [1.54, 1.807) is 6.92 Å². The third kappa shape index (κ3) is 2.52. The number of carbonyl (C=O) groups excluding carboxylic acids is 1. The van der Waals surface area contributed by atoms with Gasteiger partial charge in [-0.25, -0.2) is 0 Å². The summed E-state index contributed by atoms with van der Waals surface area (Å²) in [5.74, 6) is -0.179. The minimum Gasteiger partial charge on any atom is -0.409 e. The summed E-state index contributed by atoms with van der Waals surface area (Å²) in [6.45, 7) is 4.87. The van der Waals surface area contributed by atoms with Gasteiger partial charge in [0.25, 0.3) is 0 Å². The minimum atomic E-state index is -0.574.